The third kappa shape index (κ3) is 4.76. The number of nitrogens with zero attached hydrogens (tertiary/aromatic N) is 2. The molecule has 6 heteroatoms. The summed E-state index contributed by atoms with van der Waals surface area (Å²) >= 11 is 0. The fourth-order valence-electron chi connectivity index (χ4n) is 5.16. The van der Waals surface area contributed by atoms with Crippen molar-refractivity contribution in [2.75, 3.05) is 13.1 Å². The number of hydrogen-bond acceptors (Lipinski definition) is 3. The van der Waals surface area contributed by atoms with Crippen LogP contribution in [0.25, 0.3) is 0 Å². The van der Waals surface area contributed by atoms with Crippen molar-refractivity contribution < 1.29 is 14.4 Å². The second-order valence-electron chi connectivity index (χ2n) is 9.82. The van der Waals surface area contributed by atoms with Crippen molar-refractivity contribution in [3.8, 4) is 0 Å². The molecule has 3 aromatic rings. The van der Waals surface area contributed by atoms with E-state index < -0.39 is 11.6 Å². The smallest absolute Gasteiger partial charge is 0.325 e. The molecule has 0 bridgehead atoms. The third-order valence-electron chi connectivity index (χ3n) is 7.33. The minimum absolute atomic E-state index is 0.253. The second kappa shape index (κ2) is 9.97. The van der Waals surface area contributed by atoms with E-state index in [9.17, 15) is 14.4 Å². The first kappa shape index (κ1) is 23.8. The number of benzene rings is 3. The summed E-state index contributed by atoms with van der Waals surface area (Å²) in [5.74, 6) is -0.641. The Morgan fingerprint density at radius 1 is 0.917 bits per heavy atom. The van der Waals surface area contributed by atoms with Gasteiger partial charge in [-0.05, 0) is 60.4 Å². The van der Waals surface area contributed by atoms with E-state index in [4.69, 9.17) is 0 Å². The Hall–Kier alpha value is -3.93. The van der Waals surface area contributed by atoms with Crippen LogP contribution in [0, 0.1) is 0 Å². The average Bonchev–Trinajstić information content (AvgIpc) is 3.46. The first-order chi connectivity index (χ1) is 17.4. The van der Waals surface area contributed by atoms with Gasteiger partial charge in [0.2, 0.25) is 5.91 Å². The van der Waals surface area contributed by atoms with Crippen molar-refractivity contribution in [2.45, 2.75) is 44.7 Å². The zero-order valence-electron chi connectivity index (χ0n) is 20.6. The van der Waals surface area contributed by atoms with E-state index in [-0.39, 0.29) is 18.4 Å². The van der Waals surface area contributed by atoms with E-state index in [0.29, 0.717) is 19.5 Å². The first-order valence-corrected chi connectivity index (χ1v) is 12.6. The van der Waals surface area contributed by atoms with Crippen LogP contribution in [-0.4, -0.2) is 40.7 Å². The zero-order valence-corrected chi connectivity index (χ0v) is 20.6. The van der Waals surface area contributed by atoms with Gasteiger partial charge in [-0.15, -0.1) is 0 Å². The molecule has 1 saturated heterocycles. The van der Waals surface area contributed by atoms with Crippen molar-refractivity contribution in [1.29, 1.82) is 0 Å². The number of nitrogens with one attached hydrogen (secondary N) is 1. The summed E-state index contributed by atoms with van der Waals surface area (Å²) < 4.78 is 0. The summed E-state index contributed by atoms with van der Waals surface area (Å²) in [5.41, 5.74) is 4.26. The lowest BCUT2D eigenvalue weighted by atomic mass is 9.89. The van der Waals surface area contributed by atoms with Crippen LogP contribution in [0.3, 0.4) is 0 Å². The van der Waals surface area contributed by atoms with Crippen molar-refractivity contribution in [1.82, 2.24) is 15.1 Å². The van der Waals surface area contributed by atoms with Gasteiger partial charge in [0.15, 0.2) is 0 Å². The Bertz CT molecular complexity index is 1280. The molecule has 3 aromatic carbocycles. The Balaban J connectivity index is 1.33. The Morgan fingerprint density at radius 2 is 1.58 bits per heavy atom. The highest BCUT2D eigenvalue weighted by atomic mass is 16.2. The molecule has 4 amide bonds. The molecule has 1 fully saturated rings. The fraction of sp³-hybridized carbons (Fsp3) is 0.300. The summed E-state index contributed by atoms with van der Waals surface area (Å²) in [6.07, 6.45) is 3.83. The molecule has 0 spiro atoms. The Labute approximate surface area is 211 Å². The van der Waals surface area contributed by atoms with Gasteiger partial charge in [-0.2, -0.15) is 0 Å². The van der Waals surface area contributed by atoms with E-state index in [1.165, 1.54) is 11.1 Å². The van der Waals surface area contributed by atoms with Crippen molar-refractivity contribution in [3.63, 3.8) is 0 Å². The van der Waals surface area contributed by atoms with Crippen LogP contribution in [0.2, 0.25) is 0 Å². The Kier molecular flexibility index (Phi) is 6.59. The van der Waals surface area contributed by atoms with E-state index in [1.807, 2.05) is 72.8 Å². The highest BCUT2D eigenvalue weighted by Gasteiger charge is 2.50. The molecule has 1 aliphatic carbocycles. The number of carbonyl (C=O) groups excluding carboxylic acids is 3. The van der Waals surface area contributed by atoms with Crippen LogP contribution in [0.4, 0.5) is 4.79 Å². The van der Waals surface area contributed by atoms with Crippen molar-refractivity contribution >= 4 is 17.8 Å². The van der Waals surface area contributed by atoms with E-state index in [2.05, 4.69) is 11.4 Å². The fourth-order valence-corrected chi connectivity index (χ4v) is 5.16. The van der Waals surface area contributed by atoms with Crippen LogP contribution in [0.15, 0.2) is 78.9 Å². The van der Waals surface area contributed by atoms with Gasteiger partial charge in [0.05, 0.1) is 0 Å². The molecule has 1 atom stereocenters. The van der Waals surface area contributed by atoms with Gasteiger partial charge in [0.25, 0.3) is 5.91 Å². The van der Waals surface area contributed by atoms with Crippen LogP contribution in [-0.2, 0) is 40.9 Å². The van der Waals surface area contributed by atoms with Gasteiger partial charge in [-0.25, -0.2) is 4.79 Å². The molecule has 1 aliphatic heterocycles. The first-order valence-electron chi connectivity index (χ1n) is 12.6. The maximum Gasteiger partial charge on any atom is 0.325 e. The summed E-state index contributed by atoms with van der Waals surface area (Å²) in [4.78, 5) is 42.7. The van der Waals surface area contributed by atoms with E-state index in [1.54, 1.807) is 11.8 Å². The summed E-state index contributed by atoms with van der Waals surface area (Å²) in [7, 11) is 0. The number of fused-ring (bicyclic) bond motifs is 1. The number of rotatable bonds is 8. The van der Waals surface area contributed by atoms with E-state index in [0.717, 1.165) is 40.9 Å². The molecule has 1 N–H and O–H groups in total. The standard InChI is InChI=1S/C30H31N3O3/c1-30(26-16-15-24-13-8-14-25(24)19-26)28(35)33(29(36)31-30)21-27(34)32(20-23-11-6-3-7-12-23)18-17-22-9-4-2-5-10-22/h2-7,9-12,15-16,19H,8,13-14,17-18,20-21H2,1H3,(H,31,36). The van der Waals surface area contributed by atoms with Gasteiger partial charge in [0, 0.05) is 13.1 Å². The van der Waals surface area contributed by atoms with Crippen LogP contribution < -0.4 is 5.32 Å². The summed E-state index contributed by atoms with van der Waals surface area (Å²) in [6, 6.07) is 25.2. The van der Waals surface area contributed by atoms with Crippen molar-refractivity contribution in [2.24, 2.45) is 0 Å². The Morgan fingerprint density at radius 3 is 2.31 bits per heavy atom. The van der Waals surface area contributed by atoms with Crippen molar-refractivity contribution in [3.05, 3.63) is 107 Å². The molecule has 0 aromatic heterocycles. The molecule has 0 radical (unpaired) electrons. The maximum atomic E-state index is 13.5. The highest BCUT2D eigenvalue weighted by molar-refractivity contribution is 6.09. The molecular weight excluding hydrogens is 450 g/mol. The second-order valence-corrected chi connectivity index (χ2v) is 9.82. The summed E-state index contributed by atoms with van der Waals surface area (Å²) in [5, 5.41) is 2.86. The number of imide groups is 1. The average molecular weight is 482 g/mol. The number of aryl methyl sites for hydroxylation is 2. The minimum Gasteiger partial charge on any atom is -0.336 e. The SMILES string of the molecule is CC1(c2ccc3c(c2)CCC3)NC(=O)N(CC(=O)N(CCc2ccccc2)Cc2ccccc2)C1=O. The molecule has 0 saturated carbocycles. The van der Waals surface area contributed by atoms with Gasteiger partial charge in [0.1, 0.15) is 12.1 Å². The molecule has 184 valence electrons. The predicted octanol–water partition coefficient (Wildman–Crippen LogP) is 4.21. The number of amides is 4. The normalized spacial score (nSPS) is 18.8. The lowest BCUT2D eigenvalue weighted by Gasteiger charge is -2.26. The predicted molar refractivity (Wildman–Crippen MR) is 138 cm³/mol. The van der Waals surface area contributed by atoms with Gasteiger partial charge in [-0.3, -0.25) is 14.5 Å². The molecular formula is C30H31N3O3. The van der Waals surface area contributed by atoms with Gasteiger partial charge in [-0.1, -0.05) is 78.9 Å². The molecule has 36 heavy (non-hydrogen) atoms. The van der Waals surface area contributed by atoms with E-state index >= 15 is 0 Å². The van der Waals surface area contributed by atoms with Gasteiger partial charge >= 0.3 is 6.03 Å². The number of carbonyl (C=O) groups is 3. The minimum atomic E-state index is -1.18. The lowest BCUT2D eigenvalue weighted by molar-refractivity contribution is -0.139. The quantitative estimate of drug-likeness (QED) is 0.490. The topological polar surface area (TPSA) is 69.7 Å². The third-order valence-corrected chi connectivity index (χ3v) is 7.33. The number of hydrogen-bond donors (Lipinski definition) is 1. The maximum absolute atomic E-state index is 13.5. The molecule has 5 rings (SSSR count). The lowest BCUT2D eigenvalue weighted by Crippen LogP contribution is -2.45. The van der Waals surface area contributed by atoms with Crippen LogP contribution in [0.1, 0.15) is 41.2 Å². The molecule has 1 heterocycles. The van der Waals surface area contributed by atoms with Crippen LogP contribution >= 0.6 is 0 Å². The number of urea groups is 1. The molecule has 6 nitrogen and oxygen atoms in total. The van der Waals surface area contributed by atoms with Gasteiger partial charge < -0.3 is 10.2 Å². The summed E-state index contributed by atoms with van der Waals surface area (Å²) in [6.45, 7) is 2.35. The zero-order chi connectivity index (χ0) is 25.1. The highest BCUT2D eigenvalue weighted by Crippen LogP contribution is 2.32. The molecule has 2 aliphatic rings. The molecule has 1 unspecified atom stereocenters. The van der Waals surface area contributed by atoms with Crippen LogP contribution in [0.5, 0.6) is 0 Å². The monoisotopic (exact) mass is 481 g/mol. The largest absolute Gasteiger partial charge is 0.336 e.